The van der Waals surface area contributed by atoms with Crippen molar-refractivity contribution in [3.05, 3.63) is 39.9 Å². The Balaban J connectivity index is 2.41. The molecule has 0 saturated heterocycles. The van der Waals surface area contributed by atoms with E-state index in [1.807, 2.05) is 0 Å². The lowest BCUT2D eigenvalue weighted by Crippen LogP contribution is -2.14. The van der Waals surface area contributed by atoms with Crippen molar-refractivity contribution in [2.75, 3.05) is 0 Å². The zero-order valence-electron chi connectivity index (χ0n) is 7.48. The molecule has 0 aliphatic rings. The van der Waals surface area contributed by atoms with Gasteiger partial charge < -0.3 is 5.73 Å². The normalized spacial score (nSPS) is 12.7. The highest BCUT2D eigenvalue weighted by Crippen LogP contribution is 2.25. The topological polar surface area (TPSA) is 80.5 Å². The molecule has 1 unspecified atom stereocenters. The maximum atomic E-state index is 13.0. The van der Waals surface area contributed by atoms with Crippen molar-refractivity contribution < 1.29 is 4.39 Å². The molecule has 5 nitrogen and oxygen atoms in total. The highest BCUT2D eigenvalue weighted by atomic mass is 79.9. The summed E-state index contributed by atoms with van der Waals surface area (Å²) in [5.74, 6) is -0.0338. The summed E-state index contributed by atoms with van der Waals surface area (Å²) in [6.45, 7) is 0. The fraction of sp³-hybridized carbons (Fsp3) is 0.125. The summed E-state index contributed by atoms with van der Waals surface area (Å²) in [4.78, 5) is 0. The van der Waals surface area contributed by atoms with E-state index in [9.17, 15) is 4.39 Å². The van der Waals surface area contributed by atoms with Gasteiger partial charge >= 0.3 is 0 Å². The van der Waals surface area contributed by atoms with Gasteiger partial charge in [-0.25, -0.2) is 4.39 Å². The van der Waals surface area contributed by atoms with Crippen LogP contribution < -0.4 is 5.73 Å². The Kier molecular flexibility index (Phi) is 2.74. The number of tetrazole rings is 1. The van der Waals surface area contributed by atoms with Gasteiger partial charge in [0.05, 0.1) is 6.04 Å². The molecule has 0 aliphatic heterocycles. The summed E-state index contributed by atoms with van der Waals surface area (Å²) in [7, 11) is 0. The zero-order chi connectivity index (χ0) is 10.8. The maximum Gasteiger partial charge on any atom is 0.195 e. The second-order valence-corrected chi connectivity index (χ2v) is 3.77. The van der Waals surface area contributed by atoms with Crippen LogP contribution in [0.4, 0.5) is 4.39 Å². The van der Waals surface area contributed by atoms with Gasteiger partial charge in [-0.15, -0.1) is 10.2 Å². The van der Waals surface area contributed by atoms with E-state index in [0.717, 1.165) is 0 Å². The van der Waals surface area contributed by atoms with Crippen LogP contribution in [-0.2, 0) is 0 Å². The van der Waals surface area contributed by atoms with E-state index in [1.165, 1.54) is 12.1 Å². The number of rotatable bonds is 2. The monoisotopic (exact) mass is 271 g/mol. The largest absolute Gasteiger partial charge is 0.317 e. The van der Waals surface area contributed by atoms with Gasteiger partial charge in [0.15, 0.2) is 5.82 Å². The lowest BCUT2D eigenvalue weighted by molar-refractivity contribution is 0.621. The number of hydrogen-bond donors (Lipinski definition) is 2. The first kappa shape index (κ1) is 10.2. The molecular formula is C8H7BrFN5. The lowest BCUT2D eigenvalue weighted by Gasteiger charge is -2.09. The van der Waals surface area contributed by atoms with E-state index in [4.69, 9.17) is 5.73 Å². The molecule has 1 aromatic carbocycles. The molecule has 78 valence electrons. The molecule has 1 heterocycles. The minimum absolute atomic E-state index is 0.321. The van der Waals surface area contributed by atoms with Crippen LogP contribution in [-0.4, -0.2) is 20.6 Å². The summed E-state index contributed by atoms with van der Waals surface area (Å²) in [5.41, 5.74) is 6.43. The van der Waals surface area contributed by atoms with Gasteiger partial charge in [-0.05, 0) is 23.8 Å². The smallest absolute Gasteiger partial charge is 0.195 e. The number of nitrogens with zero attached hydrogens (tertiary/aromatic N) is 3. The van der Waals surface area contributed by atoms with Crippen LogP contribution in [0.3, 0.4) is 0 Å². The van der Waals surface area contributed by atoms with Gasteiger partial charge in [0.1, 0.15) is 5.82 Å². The highest BCUT2D eigenvalue weighted by Gasteiger charge is 2.16. The van der Waals surface area contributed by atoms with Crippen molar-refractivity contribution in [1.29, 1.82) is 0 Å². The molecule has 15 heavy (non-hydrogen) atoms. The van der Waals surface area contributed by atoms with E-state index < -0.39 is 6.04 Å². The summed E-state index contributed by atoms with van der Waals surface area (Å²) >= 11 is 3.28. The summed E-state index contributed by atoms with van der Waals surface area (Å²) in [6.07, 6.45) is 0. The molecule has 0 amide bonds. The van der Waals surface area contributed by atoms with Crippen molar-refractivity contribution >= 4 is 15.9 Å². The molecule has 2 aromatic rings. The minimum atomic E-state index is -0.603. The molecule has 0 radical (unpaired) electrons. The molecule has 0 bridgehead atoms. The van der Waals surface area contributed by atoms with Crippen molar-refractivity contribution in [3.8, 4) is 0 Å². The molecule has 2 rings (SSSR count). The summed E-state index contributed by atoms with van der Waals surface area (Å²) < 4.78 is 13.7. The fourth-order valence-corrected chi connectivity index (χ4v) is 1.69. The number of aromatic amines is 1. The third-order valence-electron chi connectivity index (χ3n) is 1.93. The number of nitrogens with two attached hydrogens (primary N) is 1. The van der Waals surface area contributed by atoms with E-state index >= 15 is 0 Å². The van der Waals surface area contributed by atoms with Gasteiger partial charge in [-0.3, -0.25) is 0 Å². The van der Waals surface area contributed by atoms with Crippen molar-refractivity contribution in [2.24, 2.45) is 5.73 Å². The van der Waals surface area contributed by atoms with E-state index in [1.54, 1.807) is 6.07 Å². The number of aromatic nitrogens is 4. The Bertz CT molecular complexity index is 458. The Labute approximate surface area is 93.0 Å². The van der Waals surface area contributed by atoms with Crippen LogP contribution in [0.15, 0.2) is 22.7 Å². The van der Waals surface area contributed by atoms with Gasteiger partial charge in [0.25, 0.3) is 0 Å². The van der Waals surface area contributed by atoms with E-state index in [-0.39, 0.29) is 5.82 Å². The van der Waals surface area contributed by atoms with Gasteiger partial charge in [0.2, 0.25) is 0 Å². The van der Waals surface area contributed by atoms with E-state index in [0.29, 0.717) is 15.9 Å². The predicted molar refractivity (Wildman–Crippen MR) is 54.3 cm³/mol. The van der Waals surface area contributed by atoms with Crippen molar-refractivity contribution in [1.82, 2.24) is 20.6 Å². The average molecular weight is 272 g/mol. The van der Waals surface area contributed by atoms with Crippen molar-refractivity contribution in [3.63, 3.8) is 0 Å². The Morgan fingerprint density at radius 1 is 1.47 bits per heavy atom. The number of halogens is 2. The Morgan fingerprint density at radius 2 is 2.27 bits per heavy atom. The van der Waals surface area contributed by atoms with Crippen LogP contribution in [0.1, 0.15) is 17.4 Å². The number of benzene rings is 1. The van der Waals surface area contributed by atoms with Gasteiger partial charge in [-0.2, -0.15) is 5.21 Å². The molecule has 0 aliphatic carbocycles. The summed E-state index contributed by atoms with van der Waals surface area (Å²) in [5, 5.41) is 13.2. The zero-order valence-corrected chi connectivity index (χ0v) is 9.07. The van der Waals surface area contributed by atoms with Crippen molar-refractivity contribution in [2.45, 2.75) is 6.04 Å². The second-order valence-electron chi connectivity index (χ2n) is 2.91. The average Bonchev–Trinajstić information content (AvgIpc) is 2.74. The SMILES string of the molecule is NC(c1nn[nH]n1)c1cc(F)ccc1Br. The van der Waals surface area contributed by atoms with Crippen LogP contribution in [0, 0.1) is 5.82 Å². The molecule has 0 spiro atoms. The van der Waals surface area contributed by atoms with Crippen LogP contribution in [0.2, 0.25) is 0 Å². The standard InChI is InChI=1S/C8H7BrFN5/c9-6-2-1-4(10)3-5(6)7(11)8-12-14-15-13-8/h1-3,7H,11H2,(H,12,13,14,15). The predicted octanol–water partition coefficient (Wildman–Crippen LogP) is 1.15. The van der Waals surface area contributed by atoms with Crippen LogP contribution >= 0.6 is 15.9 Å². The third kappa shape index (κ3) is 2.02. The molecular weight excluding hydrogens is 265 g/mol. The molecule has 0 saturated carbocycles. The molecule has 7 heteroatoms. The second kappa shape index (κ2) is 4.03. The number of hydrogen-bond acceptors (Lipinski definition) is 4. The maximum absolute atomic E-state index is 13.0. The lowest BCUT2D eigenvalue weighted by atomic mass is 10.1. The van der Waals surface area contributed by atoms with Gasteiger partial charge in [0, 0.05) is 4.47 Å². The highest BCUT2D eigenvalue weighted by molar-refractivity contribution is 9.10. The first-order valence-corrected chi connectivity index (χ1v) is 4.91. The Morgan fingerprint density at radius 3 is 2.93 bits per heavy atom. The van der Waals surface area contributed by atoms with Crippen LogP contribution in [0.25, 0.3) is 0 Å². The number of H-pyrrole nitrogens is 1. The quantitative estimate of drug-likeness (QED) is 0.859. The molecule has 1 atom stereocenters. The molecule has 3 N–H and O–H groups in total. The van der Waals surface area contributed by atoms with Gasteiger partial charge in [-0.1, -0.05) is 21.1 Å². The minimum Gasteiger partial charge on any atom is -0.317 e. The molecule has 0 fully saturated rings. The fourth-order valence-electron chi connectivity index (χ4n) is 1.19. The Hall–Kier alpha value is -1.34. The summed E-state index contributed by atoms with van der Waals surface area (Å²) in [6, 6.07) is 3.67. The van der Waals surface area contributed by atoms with Crippen LogP contribution in [0.5, 0.6) is 0 Å². The first-order chi connectivity index (χ1) is 7.18. The first-order valence-electron chi connectivity index (χ1n) is 4.12. The van der Waals surface area contributed by atoms with E-state index in [2.05, 4.69) is 36.6 Å². The molecule has 1 aromatic heterocycles. The number of nitrogens with one attached hydrogen (secondary N) is 1. The third-order valence-corrected chi connectivity index (χ3v) is 2.66.